The van der Waals surface area contributed by atoms with Gasteiger partial charge < -0.3 is 11.1 Å². The number of alkyl halides is 2. The molecule has 0 aliphatic carbocycles. The van der Waals surface area contributed by atoms with E-state index >= 15 is 0 Å². The van der Waals surface area contributed by atoms with Crippen molar-refractivity contribution in [2.45, 2.75) is 29.5 Å². The quantitative estimate of drug-likeness (QED) is 0.386. The van der Waals surface area contributed by atoms with Crippen LogP contribution in [-0.4, -0.2) is 22.7 Å². The van der Waals surface area contributed by atoms with Crippen molar-refractivity contribution in [3.05, 3.63) is 30.9 Å². The van der Waals surface area contributed by atoms with Crippen LogP contribution < -0.4 is 16.0 Å². The first-order valence-corrected chi connectivity index (χ1v) is 7.16. The second-order valence-corrected chi connectivity index (χ2v) is 6.47. The number of urea groups is 1. The van der Waals surface area contributed by atoms with Gasteiger partial charge in [-0.25, -0.2) is 9.69 Å². The number of benzene rings is 1. The van der Waals surface area contributed by atoms with Gasteiger partial charge in [-0.1, -0.05) is 6.58 Å². The lowest BCUT2D eigenvalue weighted by Gasteiger charge is -2.18. The number of amides is 3. The van der Waals surface area contributed by atoms with Crippen molar-refractivity contribution in [3.63, 3.8) is 0 Å². The van der Waals surface area contributed by atoms with E-state index in [0.717, 1.165) is 4.90 Å². The molecule has 118 valence electrons. The van der Waals surface area contributed by atoms with Gasteiger partial charge >= 0.3 is 11.3 Å². The lowest BCUT2D eigenvalue weighted by atomic mass is 10.1. The third-order valence-electron chi connectivity index (χ3n) is 3.10. The molecule has 0 spiro atoms. The van der Waals surface area contributed by atoms with E-state index in [1.807, 2.05) is 0 Å². The molecule has 0 radical (unpaired) electrons. The van der Waals surface area contributed by atoms with E-state index in [1.54, 1.807) is 13.8 Å². The van der Waals surface area contributed by atoms with Gasteiger partial charge in [0, 0.05) is 10.6 Å². The van der Waals surface area contributed by atoms with Crippen LogP contribution in [0.15, 0.2) is 35.7 Å². The second-order valence-electron chi connectivity index (χ2n) is 5.29. The van der Waals surface area contributed by atoms with Crippen molar-refractivity contribution in [1.82, 2.24) is 5.32 Å². The minimum Gasteiger partial charge on any atom is -0.398 e. The van der Waals surface area contributed by atoms with E-state index in [-0.39, 0.29) is 28.0 Å². The zero-order valence-electron chi connectivity index (χ0n) is 12.0. The highest BCUT2D eigenvalue weighted by molar-refractivity contribution is 8.00. The molecule has 1 aliphatic rings. The van der Waals surface area contributed by atoms with Crippen molar-refractivity contribution >= 4 is 35.1 Å². The summed E-state index contributed by atoms with van der Waals surface area (Å²) in [7, 11) is 0. The van der Waals surface area contributed by atoms with Crippen LogP contribution in [0.5, 0.6) is 0 Å². The van der Waals surface area contributed by atoms with E-state index in [1.165, 1.54) is 18.2 Å². The Hall–Kier alpha value is -2.09. The second kappa shape index (κ2) is 5.28. The topological polar surface area (TPSA) is 75.4 Å². The molecule has 3 amide bonds. The number of anilines is 2. The first-order valence-electron chi connectivity index (χ1n) is 6.34. The predicted octanol–water partition coefficient (Wildman–Crippen LogP) is 2.97. The molecule has 8 heteroatoms. The van der Waals surface area contributed by atoms with Gasteiger partial charge in [0.15, 0.2) is 0 Å². The molecule has 0 saturated carbocycles. The summed E-state index contributed by atoms with van der Waals surface area (Å²) < 4.78 is 26.6. The molecule has 0 unspecified atom stereocenters. The Balaban J connectivity index is 2.32. The SMILES string of the molecule is C=CC(F)(F)Sc1ccc(N2C(=O)NC(C)(C)C2=O)cc1N. The van der Waals surface area contributed by atoms with E-state index in [2.05, 4.69) is 11.9 Å². The van der Waals surface area contributed by atoms with Crippen LogP contribution in [0.2, 0.25) is 0 Å². The number of carbonyl (C=O) groups is 2. The van der Waals surface area contributed by atoms with E-state index in [4.69, 9.17) is 5.73 Å². The molecule has 1 aromatic rings. The van der Waals surface area contributed by atoms with Crippen molar-refractivity contribution in [2.75, 3.05) is 10.6 Å². The van der Waals surface area contributed by atoms with Crippen molar-refractivity contribution in [1.29, 1.82) is 0 Å². The highest BCUT2D eigenvalue weighted by Gasteiger charge is 2.45. The molecular formula is C14H15F2N3O2S. The maximum absolute atomic E-state index is 13.3. The van der Waals surface area contributed by atoms with Gasteiger partial charge in [0.2, 0.25) is 0 Å². The van der Waals surface area contributed by atoms with Crippen LogP contribution in [0, 0.1) is 0 Å². The molecule has 1 heterocycles. The minimum absolute atomic E-state index is 0.0503. The fraction of sp³-hybridized carbons (Fsp3) is 0.286. The fourth-order valence-electron chi connectivity index (χ4n) is 1.94. The largest absolute Gasteiger partial charge is 0.398 e. The summed E-state index contributed by atoms with van der Waals surface area (Å²) in [4.78, 5) is 25.1. The zero-order chi connectivity index (χ0) is 16.7. The first kappa shape index (κ1) is 16.3. The Morgan fingerprint density at radius 1 is 1.41 bits per heavy atom. The van der Waals surface area contributed by atoms with Crippen LogP contribution >= 0.6 is 11.8 Å². The van der Waals surface area contributed by atoms with Crippen LogP contribution in [0.1, 0.15) is 13.8 Å². The number of halogens is 2. The Kier molecular flexibility index (Phi) is 3.90. The number of nitrogen functional groups attached to an aromatic ring is 1. The molecule has 22 heavy (non-hydrogen) atoms. The lowest BCUT2D eigenvalue weighted by Crippen LogP contribution is -2.40. The maximum Gasteiger partial charge on any atom is 0.329 e. The maximum atomic E-state index is 13.3. The van der Waals surface area contributed by atoms with Crippen LogP contribution in [0.3, 0.4) is 0 Å². The molecule has 5 nitrogen and oxygen atoms in total. The summed E-state index contributed by atoms with van der Waals surface area (Å²) in [6, 6.07) is 3.49. The average molecular weight is 327 g/mol. The molecule has 2 rings (SSSR count). The summed E-state index contributed by atoms with van der Waals surface area (Å²) >= 11 is 0.245. The molecule has 0 bridgehead atoms. The number of hydrogen-bond acceptors (Lipinski definition) is 4. The summed E-state index contributed by atoms with van der Waals surface area (Å²) in [5, 5.41) is -0.623. The van der Waals surface area contributed by atoms with Gasteiger partial charge in [-0.3, -0.25) is 4.79 Å². The molecule has 1 fully saturated rings. The number of nitrogens with one attached hydrogen (secondary N) is 1. The van der Waals surface area contributed by atoms with Gasteiger partial charge in [-0.2, -0.15) is 8.78 Å². The van der Waals surface area contributed by atoms with Gasteiger partial charge in [0.1, 0.15) is 5.54 Å². The number of carbonyl (C=O) groups excluding carboxylic acids is 2. The number of hydrogen-bond donors (Lipinski definition) is 2. The summed E-state index contributed by atoms with van der Waals surface area (Å²) in [5.41, 5.74) is 5.02. The van der Waals surface area contributed by atoms with Gasteiger partial charge in [0.25, 0.3) is 5.91 Å². The van der Waals surface area contributed by atoms with Crippen molar-refractivity contribution in [3.8, 4) is 0 Å². The summed E-state index contributed by atoms with van der Waals surface area (Å²) in [6.45, 7) is 6.21. The number of nitrogens with zero attached hydrogens (tertiary/aromatic N) is 1. The summed E-state index contributed by atoms with van der Waals surface area (Å²) in [6.07, 6.45) is 0.519. The van der Waals surface area contributed by atoms with Crippen molar-refractivity contribution < 1.29 is 18.4 Å². The predicted molar refractivity (Wildman–Crippen MR) is 82.0 cm³/mol. The van der Waals surface area contributed by atoms with Gasteiger partial charge in [0.05, 0.1) is 5.69 Å². The number of nitrogens with two attached hydrogens (primary N) is 1. The van der Waals surface area contributed by atoms with Crippen LogP contribution in [0.4, 0.5) is 25.0 Å². The number of rotatable bonds is 4. The fourth-order valence-corrected chi connectivity index (χ4v) is 2.63. The highest BCUT2D eigenvalue weighted by atomic mass is 32.2. The highest BCUT2D eigenvalue weighted by Crippen LogP contribution is 2.40. The molecule has 1 saturated heterocycles. The Bertz CT molecular complexity index is 661. The van der Waals surface area contributed by atoms with Gasteiger partial charge in [-0.15, -0.1) is 0 Å². The van der Waals surface area contributed by atoms with Crippen LogP contribution in [-0.2, 0) is 4.79 Å². The smallest absolute Gasteiger partial charge is 0.329 e. The average Bonchev–Trinajstić information content (AvgIpc) is 2.61. The van der Waals surface area contributed by atoms with Crippen LogP contribution in [0.25, 0.3) is 0 Å². The number of imide groups is 1. The number of thioether (sulfide) groups is 1. The molecule has 0 aromatic heterocycles. The van der Waals surface area contributed by atoms with E-state index < -0.39 is 22.7 Å². The molecule has 1 aromatic carbocycles. The zero-order valence-corrected chi connectivity index (χ0v) is 12.8. The third kappa shape index (κ3) is 2.92. The Labute approximate surface area is 130 Å². The third-order valence-corrected chi connectivity index (χ3v) is 4.13. The molecule has 0 atom stereocenters. The minimum atomic E-state index is -3.15. The Morgan fingerprint density at radius 3 is 2.50 bits per heavy atom. The first-order chi connectivity index (χ1) is 10.1. The summed E-state index contributed by atoms with van der Waals surface area (Å²) in [5.74, 6) is -0.436. The van der Waals surface area contributed by atoms with Gasteiger partial charge in [-0.05, 0) is 49.9 Å². The van der Waals surface area contributed by atoms with E-state index in [9.17, 15) is 18.4 Å². The molecule has 3 N–H and O–H groups in total. The van der Waals surface area contributed by atoms with Crippen molar-refractivity contribution in [2.24, 2.45) is 0 Å². The molecule has 1 aliphatic heterocycles. The Morgan fingerprint density at radius 2 is 2.05 bits per heavy atom. The molecular weight excluding hydrogens is 312 g/mol. The monoisotopic (exact) mass is 327 g/mol. The van der Waals surface area contributed by atoms with E-state index in [0.29, 0.717) is 6.08 Å². The lowest BCUT2D eigenvalue weighted by molar-refractivity contribution is -0.121. The normalized spacial score (nSPS) is 17.5. The standard InChI is InChI=1S/C14H15F2N3O2S/c1-4-14(15,16)22-10-6-5-8(7-9(10)17)19-11(20)13(2,3)18-12(19)21/h4-7H,1,17H2,2-3H3,(H,18,21).